The number of likely N-dealkylation sites (tertiary alicyclic amines) is 1. The van der Waals surface area contributed by atoms with Crippen LogP contribution in [-0.4, -0.2) is 48.1 Å². The molecule has 2 atom stereocenters. The van der Waals surface area contributed by atoms with Gasteiger partial charge in [0, 0.05) is 18.7 Å². The third-order valence-electron chi connectivity index (χ3n) is 5.83. The predicted molar refractivity (Wildman–Crippen MR) is 112 cm³/mol. The van der Waals surface area contributed by atoms with Crippen LogP contribution in [0.2, 0.25) is 0 Å². The molecule has 162 valence electrons. The molecule has 31 heavy (non-hydrogen) atoms. The summed E-state index contributed by atoms with van der Waals surface area (Å²) in [4.78, 5) is 27.4. The number of ether oxygens (including phenoxy) is 2. The molecular formula is C24H24FNO5. The fraction of sp³-hybridized carbons (Fsp3) is 0.333. The number of carbonyl (C=O) groups is 2. The summed E-state index contributed by atoms with van der Waals surface area (Å²) < 4.78 is 24.6. The van der Waals surface area contributed by atoms with Gasteiger partial charge in [0.15, 0.2) is 0 Å². The molecule has 0 spiro atoms. The Labute approximate surface area is 179 Å². The van der Waals surface area contributed by atoms with Crippen molar-refractivity contribution in [1.29, 1.82) is 0 Å². The average molecular weight is 425 g/mol. The zero-order valence-electron chi connectivity index (χ0n) is 17.4. The number of carbonyl (C=O) groups excluding carboxylic acids is 2. The van der Waals surface area contributed by atoms with Gasteiger partial charge in [-0.1, -0.05) is 12.1 Å². The molecule has 0 aliphatic carbocycles. The zero-order chi connectivity index (χ0) is 22.1. The second-order valence-electron chi connectivity index (χ2n) is 7.82. The smallest absolute Gasteiger partial charge is 0.295 e. The molecule has 4 rings (SSSR count). The molecule has 0 saturated carbocycles. The maximum atomic E-state index is 13.7. The minimum absolute atomic E-state index is 0.0147. The molecule has 1 N–H and O–H groups in total. The largest absolute Gasteiger partial charge is 0.507 e. The van der Waals surface area contributed by atoms with E-state index in [2.05, 4.69) is 0 Å². The molecule has 2 aromatic carbocycles. The van der Waals surface area contributed by atoms with Gasteiger partial charge in [-0.3, -0.25) is 9.59 Å². The number of hydrogen-bond donors (Lipinski definition) is 1. The summed E-state index contributed by atoms with van der Waals surface area (Å²) in [6.45, 7) is 2.44. The second-order valence-corrected chi connectivity index (χ2v) is 7.82. The normalized spacial score (nSPS) is 22.9. The highest BCUT2D eigenvalue weighted by atomic mass is 19.1. The molecule has 0 aromatic heterocycles. The monoisotopic (exact) mass is 425 g/mol. The van der Waals surface area contributed by atoms with Crippen LogP contribution >= 0.6 is 0 Å². The van der Waals surface area contributed by atoms with E-state index in [1.165, 1.54) is 23.1 Å². The number of benzene rings is 2. The Morgan fingerprint density at radius 1 is 1.23 bits per heavy atom. The van der Waals surface area contributed by atoms with E-state index in [1.807, 2.05) is 0 Å². The van der Waals surface area contributed by atoms with Crippen LogP contribution in [0.1, 0.15) is 35.6 Å². The first-order valence-electron chi connectivity index (χ1n) is 10.2. The molecule has 2 saturated heterocycles. The van der Waals surface area contributed by atoms with Gasteiger partial charge in [-0.2, -0.15) is 0 Å². The van der Waals surface area contributed by atoms with E-state index in [-0.39, 0.29) is 29.5 Å². The highest BCUT2D eigenvalue weighted by Gasteiger charge is 2.47. The molecule has 6 nitrogen and oxygen atoms in total. The lowest BCUT2D eigenvalue weighted by molar-refractivity contribution is -0.140. The average Bonchev–Trinajstić information content (AvgIpc) is 3.38. The van der Waals surface area contributed by atoms with E-state index in [0.717, 1.165) is 12.8 Å². The van der Waals surface area contributed by atoms with Gasteiger partial charge >= 0.3 is 0 Å². The number of rotatable bonds is 5. The van der Waals surface area contributed by atoms with E-state index < -0.39 is 23.5 Å². The number of aliphatic hydroxyl groups is 1. The van der Waals surface area contributed by atoms with Crippen molar-refractivity contribution in [3.05, 3.63) is 70.5 Å². The Hall–Kier alpha value is -3.19. The molecule has 2 heterocycles. The highest BCUT2D eigenvalue weighted by Crippen LogP contribution is 2.40. The minimum Gasteiger partial charge on any atom is -0.507 e. The summed E-state index contributed by atoms with van der Waals surface area (Å²) >= 11 is 0. The highest BCUT2D eigenvalue weighted by molar-refractivity contribution is 6.46. The molecule has 2 unspecified atom stereocenters. The van der Waals surface area contributed by atoms with Crippen molar-refractivity contribution in [1.82, 2.24) is 4.90 Å². The standard InChI is InChI=1S/C24H24FNO5/c1-14-12-16(7-10-19(14)25)22(27)20-21(15-5-8-17(30-2)9-6-15)26(24(29)23(20)28)13-18-4-3-11-31-18/h5-10,12,18,21,27H,3-4,11,13H2,1-2H3/b22-20-. The lowest BCUT2D eigenvalue weighted by Gasteiger charge is -2.27. The van der Waals surface area contributed by atoms with Gasteiger partial charge in [-0.15, -0.1) is 0 Å². The number of hydrogen-bond acceptors (Lipinski definition) is 5. The molecule has 2 aromatic rings. The van der Waals surface area contributed by atoms with Crippen LogP contribution < -0.4 is 4.74 Å². The van der Waals surface area contributed by atoms with Crippen molar-refractivity contribution in [3.8, 4) is 5.75 Å². The summed E-state index contributed by atoms with van der Waals surface area (Å²) in [5.41, 5.74) is 1.27. The summed E-state index contributed by atoms with van der Waals surface area (Å²) in [6, 6.07) is 10.3. The Kier molecular flexibility index (Phi) is 5.78. The fourth-order valence-electron chi connectivity index (χ4n) is 4.16. The van der Waals surface area contributed by atoms with Gasteiger partial charge in [0.1, 0.15) is 17.3 Å². The zero-order valence-corrected chi connectivity index (χ0v) is 17.4. The van der Waals surface area contributed by atoms with Crippen LogP contribution in [0.25, 0.3) is 5.76 Å². The number of methoxy groups -OCH3 is 1. The number of ketones is 1. The third kappa shape index (κ3) is 3.93. The third-order valence-corrected chi connectivity index (χ3v) is 5.83. The van der Waals surface area contributed by atoms with Crippen LogP contribution in [-0.2, 0) is 14.3 Å². The lowest BCUT2D eigenvalue weighted by atomic mass is 9.94. The van der Waals surface area contributed by atoms with Crippen molar-refractivity contribution in [2.24, 2.45) is 0 Å². The molecule has 2 aliphatic rings. The maximum Gasteiger partial charge on any atom is 0.295 e. The van der Waals surface area contributed by atoms with Crippen LogP contribution in [0.3, 0.4) is 0 Å². The topological polar surface area (TPSA) is 76.1 Å². The van der Waals surface area contributed by atoms with Gasteiger partial charge in [0.25, 0.3) is 11.7 Å². The number of nitrogens with zero attached hydrogens (tertiary/aromatic N) is 1. The van der Waals surface area contributed by atoms with Crippen molar-refractivity contribution in [2.45, 2.75) is 31.9 Å². The van der Waals surface area contributed by atoms with Gasteiger partial charge < -0.3 is 19.5 Å². The van der Waals surface area contributed by atoms with Gasteiger partial charge in [-0.25, -0.2) is 4.39 Å². The molecule has 2 aliphatic heterocycles. The minimum atomic E-state index is -0.777. The molecule has 1 amide bonds. The Balaban J connectivity index is 1.82. The van der Waals surface area contributed by atoms with Gasteiger partial charge in [0.05, 0.1) is 24.8 Å². The summed E-state index contributed by atoms with van der Waals surface area (Å²) in [6.07, 6.45) is 1.54. The first kappa shape index (κ1) is 21.1. The van der Waals surface area contributed by atoms with E-state index in [1.54, 1.807) is 38.3 Å². The van der Waals surface area contributed by atoms with Crippen LogP contribution in [0.5, 0.6) is 5.75 Å². The number of halogens is 1. The fourth-order valence-corrected chi connectivity index (χ4v) is 4.16. The number of Topliss-reactive ketones (excluding diaryl/α,β-unsaturated/α-hetero) is 1. The van der Waals surface area contributed by atoms with Crippen molar-refractivity contribution >= 4 is 17.4 Å². The van der Waals surface area contributed by atoms with E-state index >= 15 is 0 Å². The summed E-state index contributed by atoms with van der Waals surface area (Å²) in [7, 11) is 1.55. The first-order chi connectivity index (χ1) is 14.9. The second kappa shape index (κ2) is 8.51. The van der Waals surface area contributed by atoms with E-state index in [9.17, 15) is 19.1 Å². The van der Waals surface area contributed by atoms with Crippen LogP contribution in [0.15, 0.2) is 48.0 Å². The molecular weight excluding hydrogens is 401 g/mol. The van der Waals surface area contributed by atoms with Gasteiger partial charge in [0.2, 0.25) is 0 Å². The van der Waals surface area contributed by atoms with Crippen LogP contribution in [0, 0.1) is 12.7 Å². The molecule has 2 fully saturated rings. The van der Waals surface area contributed by atoms with Crippen LogP contribution in [0.4, 0.5) is 4.39 Å². The Morgan fingerprint density at radius 2 is 1.97 bits per heavy atom. The van der Waals surface area contributed by atoms with Gasteiger partial charge in [-0.05, 0) is 61.2 Å². The van der Waals surface area contributed by atoms with Crippen molar-refractivity contribution in [3.63, 3.8) is 0 Å². The van der Waals surface area contributed by atoms with Crippen molar-refractivity contribution < 1.29 is 28.6 Å². The Bertz CT molecular complexity index is 1040. The van der Waals surface area contributed by atoms with E-state index in [0.29, 0.717) is 23.5 Å². The molecule has 7 heteroatoms. The molecule has 0 bridgehead atoms. The first-order valence-corrected chi connectivity index (χ1v) is 10.2. The summed E-state index contributed by atoms with van der Waals surface area (Å²) in [5, 5.41) is 11.0. The quantitative estimate of drug-likeness (QED) is 0.449. The SMILES string of the molecule is COc1ccc(C2/C(=C(/O)c3ccc(F)c(C)c3)C(=O)C(=O)N2CC2CCCO2)cc1. The maximum absolute atomic E-state index is 13.7. The number of aliphatic hydroxyl groups excluding tert-OH is 1. The summed E-state index contributed by atoms with van der Waals surface area (Å²) in [5.74, 6) is -1.55. The number of amides is 1. The van der Waals surface area contributed by atoms with Crippen molar-refractivity contribution in [2.75, 3.05) is 20.3 Å². The number of aryl methyl sites for hydroxylation is 1. The molecule has 0 radical (unpaired) electrons. The van der Waals surface area contributed by atoms with E-state index in [4.69, 9.17) is 9.47 Å². The Morgan fingerprint density at radius 3 is 2.58 bits per heavy atom. The predicted octanol–water partition coefficient (Wildman–Crippen LogP) is 3.74. The lowest BCUT2D eigenvalue weighted by Crippen LogP contribution is -2.36.